The van der Waals surface area contributed by atoms with Crippen molar-refractivity contribution in [3.8, 4) is 0 Å². The number of aromatic nitrogens is 2. The van der Waals surface area contributed by atoms with E-state index in [1.165, 1.54) is 23.1 Å². The Kier molecular flexibility index (Phi) is 5.32. The molecule has 26 heavy (non-hydrogen) atoms. The predicted octanol–water partition coefficient (Wildman–Crippen LogP) is 3.81. The van der Waals surface area contributed by atoms with Gasteiger partial charge in [-0.15, -0.1) is 10.2 Å². The Morgan fingerprint density at radius 1 is 1.19 bits per heavy atom. The number of nitrogens with one attached hydrogen (secondary N) is 1. The summed E-state index contributed by atoms with van der Waals surface area (Å²) < 4.78 is 51.2. The summed E-state index contributed by atoms with van der Waals surface area (Å²) in [5.41, 5.74) is 0.435. The summed E-state index contributed by atoms with van der Waals surface area (Å²) in [6.45, 7) is 1.31. The molecule has 1 aliphatic rings. The molecule has 0 spiro atoms. The number of anilines is 2. The van der Waals surface area contributed by atoms with Gasteiger partial charge in [0.25, 0.3) is 0 Å². The minimum atomic E-state index is -4.51. The number of hydrogen-bond acceptors (Lipinski definition) is 5. The Morgan fingerprint density at radius 3 is 2.46 bits per heavy atom. The molecule has 1 N–H and O–H groups in total. The van der Waals surface area contributed by atoms with E-state index in [0.717, 1.165) is 0 Å². The van der Waals surface area contributed by atoms with Gasteiger partial charge in [-0.05, 0) is 34.1 Å². The number of halogens is 5. The van der Waals surface area contributed by atoms with E-state index in [0.29, 0.717) is 43.2 Å². The molecule has 1 aliphatic heterocycles. The first kappa shape index (κ1) is 18.8. The van der Waals surface area contributed by atoms with Crippen molar-refractivity contribution in [3.05, 3.63) is 33.5 Å². The third-order valence-corrected chi connectivity index (χ3v) is 5.30. The second-order valence-corrected chi connectivity index (χ2v) is 7.23. The molecule has 0 atom stereocenters. The quantitative estimate of drug-likeness (QED) is 0.702. The number of alkyl halides is 3. The second-order valence-electron chi connectivity index (χ2n) is 5.42. The number of urea groups is 1. The van der Waals surface area contributed by atoms with Crippen LogP contribution < -0.4 is 10.2 Å². The van der Waals surface area contributed by atoms with Gasteiger partial charge in [0.05, 0.1) is 4.47 Å². The Bertz CT molecular complexity index is 807. The molecule has 2 amide bonds. The molecule has 12 heteroatoms. The number of hydrogen-bond donors (Lipinski definition) is 1. The smallest absolute Gasteiger partial charge is 0.343 e. The summed E-state index contributed by atoms with van der Waals surface area (Å²) in [7, 11) is 0. The standard InChI is InChI=1S/C14H12BrF4N5OS/c15-9-7-8(1-2-10(9)16)20-12(25)23-3-5-24(6-4-23)13-22-21-11(26-13)14(17,18)19/h1-2,7H,3-6H2,(H,20,25). The van der Waals surface area contributed by atoms with E-state index in [1.54, 1.807) is 4.90 Å². The fourth-order valence-corrected chi connectivity index (χ4v) is 3.48. The number of nitrogens with zero attached hydrogens (tertiary/aromatic N) is 4. The van der Waals surface area contributed by atoms with Crippen LogP contribution in [0.4, 0.5) is 33.2 Å². The van der Waals surface area contributed by atoms with E-state index in [2.05, 4.69) is 31.4 Å². The van der Waals surface area contributed by atoms with Crippen molar-refractivity contribution in [1.82, 2.24) is 15.1 Å². The molecule has 1 fully saturated rings. The van der Waals surface area contributed by atoms with Gasteiger partial charge in [0.1, 0.15) is 5.82 Å². The van der Waals surface area contributed by atoms with Crippen molar-refractivity contribution in [2.24, 2.45) is 0 Å². The molecule has 0 bridgehead atoms. The molecular weight excluding hydrogens is 442 g/mol. The van der Waals surface area contributed by atoms with Crippen LogP contribution in [0.1, 0.15) is 5.01 Å². The Labute approximate surface area is 157 Å². The molecular formula is C14H12BrF4N5OS. The predicted molar refractivity (Wildman–Crippen MR) is 91.8 cm³/mol. The highest BCUT2D eigenvalue weighted by Crippen LogP contribution is 2.34. The minimum absolute atomic E-state index is 0.180. The molecule has 2 aromatic rings. The SMILES string of the molecule is O=C(Nc1ccc(F)c(Br)c1)N1CCN(c2nnc(C(F)(F)F)s2)CC1. The Morgan fingerprint density at radius 2 is 1.88 bits per heavy atom. The summed E-state index contributed by atoms with van der Waals surface area (Å²) in [6, 6.07) is 3.75. The lowest BCUT2D eigenvalue weighted by Gasteiger charge is -2.34. The molecule has 3 rings (SSSR count). The first-order valence-electron chi connectivity index (χ1n) is 7.40. The molecule has 2 heterocycles. The van der Waals surface area contributed by atoms with Crippen LogP contribution in [-0.4, -0.2) is 47.3 Å². The zero-order valence-corrected chi connectivity index (χ0v) is 15.5. The minimum Gasteiger partial charge on any atom is -0.343 e. The van der Waals surface area contributed by atoms with Crippen molar-refractivity contribution in [2.75, 3.05) is 36.4 Å². The van der Waals surface area contributed by atoms with Crippen LogP contribution in [-0.2, 0) is 6.18 Å². The Balaban J connectivity index is 1.57. The summed E-state index contributed by atoms with van der Waals surface area (Å²) >= 11 is 3.52. The fourth-order valence-electron chi connectivity index (χ4n) is 2.34. The van der Waals surface area contributed by atoms with Crippen molar-refractivity contribution >= 4 is 44.1 Å². The van der Waals surface area contributed by atoms with Crippen molar-refractivity contribution in [3.63, 3.8) is 0 Å². The number of rotatable bonds is 2. The van der Waals surface area contributed by atoms with Gasteiger partial charge in [0.2, 0.25) is 10.1 Å². The highest BCUT2D eigenvalue weighted by molar-refractivity contribution is 9.10. The molecule has 1 aromatic carbocycles. The summed E-state index contributed by atoms with van der Waals surface area (Å²) in [6.07, 6.45) is -4.51. The first-order chi connectivity index (χ1) is 12.2. The van der Waals surface area contributed by atoms with Crippen LogP contribution >= 0.6 is 27.3 Å². The number of benzene rings is 1. The average Bonchev–Trinajstić information content (AvgIpc) is 3.09. The van der Waals surface area contributed by atoms with Gasteiger partial charge in [-0.25, -0.2) is 9.18 Å². The van der Waals surface area contributed by atoms with Crippen molar-refractivity contribution in [1.29, 1.82) is 0 Å². The van der Waals surface area contributed by atoms with Crippen molar-refractivity contribution < 1.29 is 22.4 Å². The van der Waals surface area contributed by atoms with Crippen LogP contribution in [0, 0.1) is 5.82 Å². The topological polar surface area (TPSA) is 61.4 Å². The van der Waals surface area contributed by atoms with E-state index in [9.17, 15) is 22.4 Å². The number of carbonyl (C=O) groups excluding carboxylic acids is 1. The third kappa shape index (κ3) is 4.23. The lowest BCUT2D eigenvalue weighted by atomic mass is 10.3. The average molecular weight is 454 g/mol. The van der Waals surface area contributed by atoms with Gasteiger partial charge >= 0.3 is 12.2 Å². The van der Waals surface area contributed by atoms with E-state index in [1.807, 2.05) is 0 Å². The number of carbonyl (C=O) groups is 1. The highest BCUT2D eigenvalue weighted by atomic mass is 79.9. The maximum atomic E-state index is 13.2. The zero-order valence-electron chi connectivity index (χ0n) is 13.1. The van der Waals surface area contributed by atoms with Crippen LogP contribution in [0.3, 0.4) is 0 Å². The molecule has 0 unspecified atom stereocenters. The van der Waals surface area contributed by atoms with Gasteiger partial charge in [0, 0.05) is 31.9 Å². The van der Waals surface area contributed by atoms with Crippen LogP contribution in [0.25, 0.3) is 0 Å². The first-order valence-corrected chi connectivity index (χ1v) is 9.01. The van der Waals surface area contributed by atoms with Crippen LogP contribution in [0.5, 0.6) is 0 Å². The number of amides is 2. The maximum absolute atomic E-state index is 13.2. The van der Waals surface area contributed by atoms with Crippen LogP contribution in [0.2, 0.25) is 0 Å². The van der Waals surface area contributed by atoms with Gasteiger partial charge in [-0.1, -0.05) is 11.3 Å². The monoisotopic (exact) mass is 453 g/mol. The summed E-state index contributed by atoms with van der Waals surface area (Å²) in [5, 5.41) is 8.58. The third-order valence-electron chi connectivity index (χ3n) is 3.67. The summed E-state index contributed by atoms with van der Waals surface area (Å²) in [5.74, 6) is -0.438. The molecule has 1 aromatic heterocycles. The van der Waals surface area contributed by atoms with E-state index in [-0.39, 0.29) is 15.6 Å². The van der Waals surface area contributed by atoms with E-state index < -0.39 is 17.0 Å². The normalized spacial score (nSPS) is 15.3. The molecule has 1 saturated heterocycles. The lowest BCUT2D eigenvalue weighted by Crippen LogP contribution is -2.50. The van der Waals surface area contributed by atoms with Gasteiger partial charge in [-0.3, -0.25) is 0 Å². The number of piperazine rings is 1. The lowest BCUT2D eigenvalue weighted by molar-refractivity contribution is -0.138. The van der Waals surface area contributed by atoms with Gasteiger partial charge < -0.3 is 15.1 Å². The largest absolute Gasteiger partial charge is 0.445 e. The maximum Gasteiger partial charge on any atom is 0.445 e. The van der Waals surface area contributed by atoms with E-state index in [4.69, 9.17) is 0 Å². The van der Waals surface area contributed by atoms with Crippen LogP contribution in [0.15, 0.2) is 22.7 Å². The fraction of sp³-hybridized carbons (Fsp3) is 0.357. The van der Waals surface area contributed by atoms with Crippen molar-refractivity contribution in [2.45, 2.75) is 6.18 Å². The van der Waals surface area contributed by atoms with Gasteiger partial charge in [-0.2, -0.15) is 13.2 Å². The van der Waals surface area contributed by atoms with E-state index >= 15 is 0 Å². The molecule has 0 aliphatic carbocycles. The Hall–Kier alpha value is -1.95. The van der Waals surface area contributed by atoms with Gasteiger partial charge in [0.15, 0.2) is 0 Å². The zero-order chi connectivity index (χ0) is 18.9. The molecule has 0 radical (unpaired) electrons. The summed E-state index contributed by atoms with van der Waals surface area (Å²) in [4.78, 5) is 15.4. The second kappa shape index (κ2) is 7.35. The molecule has 6 nitrogen and oxygen atoms in total. The molecule has 0 saturated carbocycles. The molecule has 140 valence electrons. The highest BCUT2D eigenvalue weighted by Gasteiger charge is 2.36.